The van der Waals surface area contributed by atoms with Gasteiger partial charge in [0.15, 0.2) is 0 Å². The van der Waals surface area contributed by atoms with Crippen LogP contribution < -0.4 is 0 Å². The Morgan fingerprint density at radius 1 is 0.767 bits per heavy atom. The molecule has 0 bridgehead atoms. The zero-order valence-corrected chi connectivity index (χ0v) is 21.3. The van der Waals surface area contributed by atoms with E-state index in [1.165, 1.54) is 83.2 Å². The van der Waals surface area contributed by atoms with Gasteiger partial charge in [-0.25, -0.2) is 0 Å². The van der Waals surface area contributed by atoms with Crippen molar-refractivity contribution in [3.8, 4) is 0 Å². The van der Waals surface area contributed by atoms with Crippen molar-refractivity contribution in [1.82, 2.24) is 0 Å². The summed E-state index contributed by atoms with van der Waals surface area (Å²) in [7, 11) is 0. The van der Waals surface area contributed by atoms with Crippen LogP contribution in [0.1, 0.15) is 104 Å². The van der Waals surface area contributed by atoms with E-state index >= 15 is 0 Å². The second-order valence-electron chi connectivity index (χ2n) is 10.6. The molecule has 164 valence electrons. The lowest BCUT2D eigenvalue weighted by Crippen LogP contribution is -2.13. The predicted octanol–water partition coefficient (Wildman–Crippen LogP) is 8.76. The van der Waals surface area contributed by atoms with Gasteiger partial charge in [-0.05, 0) is 96.9 Å². The van der Waals surface area contributed by atoms with E-state index in [2.05, 4.69) is 84.5 Å². The fourth-order valence-electron chi connectivity index (χ4n) is 4.67. The fraction of sp³-hybridized carbons (Fsp3) is 0.586. The van der Waals surface area contributed by atoms with Gasteiger partial charge >= 0.3 is 0 Å². The third-order valence-corrected chi connectivity index (χ3v) is 8.57. The van der Waals surface area contributed by atoms with E-state index < -0.39 is 0 Å². The second-order valence-corrected chi connectivity index (χ2v) is 11.9. The molecule has 0 nitrogen and oxygen atoms in total. The van der Waals surface area contributed by atoms with Crippen LogP contribution in [-0.4, -0.2) is 5.25 Å². The Kier molecular flexibility index (Phi) is 7.77. The van der Waals surface area contributed by atoms with E-state index in [4.69, 9.17) is 0 Å². The van der Waals surface area contributed by atoms with Gasteiger partial charge in [0.2, 0.25) is 0 Å². The molecule has 0 radical (unpaired) electrons. The Bertz CT molecular complexity index is 838. The molecule has 1 fully saturated rings. The first-order valence-corrected chi connectivity index (χ1v) is 13.0. The molecule has 0 amide bonds. The lowest BCUT2D eigenvalue weighted by atomic mass is 9.82. The molecule has 0 atom stereocenters. The molecule has 0 N–H and O–H groups in total. The highest BCUT2D eigenvalue weighted by atomic mass is 32.2. The average Bonchev–Trinajstić information content (AvgIpc) is 2.94. The molecule has 1 aliphatic carbocycles. The van der Waals surface area contributed by atoms with Crippen molar-refractivity contribution in [1.29, 1.82) is 0 Å². The third kappa shape index (κ3) is 5.94. The van der Waals surface area contributed by atoms with Crippen LogP contribution in [0.4, 0.5) is 0 Å². The van der Waals surface area contributed by atoms with Gasteiger partial charge in [-0.2, -0.15) is 11.8 Å². The van der Waals surface area contributed by atoms with Gasteiger partial charge in [0.25, 0.3) is 0 Å². The molecule has 1 saturated carbocycles. The number of benzene rings is 2. The standard InChI is InChI=1S/C29H42S/c1-20-14-24(15-21(2)22(20)3)16-25-17-27(29(5,6)7)18-26(23(25)4)19-30-28-12-10-8-9-11-13-28/h14-15,17-18,28H,8-13,16,19H2,1-7H3. The van der Waals surface area contributed by atoms with Crippen LogP contribution in [-0.2, 0) is 17.6 Å². The van der Waals surface area contributed by atoms with E-state index in [1.807, 2.05) is 0 Å². The summed E-state index contributed by atoms with van der Waals surface area (Å²) in [5, 5.41) is 0.857. The van der Waals surface area contributed by atoms with E-state index in [0.29, 0.717) is 0 Å². The van der Waals surface area contributed by atoms with Crippen LogP contribution in [0.2, 0.25) is 0 Å². The lowest BCUT2D eigenvalue weighted by molar-refractivity contribution is 0.588. The van der Waals surface area contributed by atoms with Gasteiger partial charge in [0.05, 0.1) is 0 Å². The van der Waals surface area contributed by atoms with E-state index in [0.717, 1.165) is 11.7 Å². The minimum Gasteiger partial charge on any atom is -0.154 e. The molecule has 2 aromatic carbocycles. The van der Waals surface area contributed by atoms with Crippen LogP contribution in [0.5, 0.6) is 0 Å². The Balaban J connectivity index is 1.89. The minimum absolute atomic E-state index is 0.184. The van der Waals surface area contributed by atoms with Crippen LogP contribution in [0, 0.1) is 27.7 Å². The molecule has 1 heteroatoms. The zero-order chi connectivity index (χ0) is 21.9. The quantitative estimate of drug-likeness (QED) is 0.434. The number of hydrogen-bond acceptors (Lipinski definition) is 1. The second kappa shape index (κ2) is 9.94. The first-order valence-electron chi connectivity index (χ1n) is 12.0. The number of thioether (sulfide) groups is 1. The Morgan fingerprint density at radius 3 is 1.90 bits per heavy atom. The summed E-state index contributed by atoms with van der Waals surface area (Å²) in [5.74, 6) is 1.17. The van der Waals surface area contributed by atoms with Crippen molar-refractivity contribution in [2.75, 3.05) is 0 Å². The first kappa shape index (κ1) is 23.5. The SMILES string of the molecule is Cc1cc(Cc2cc(C(C)(C)C)cc(CSC3CCCCCC3)c2C)cc(C)c1C. The molecule has 0 spiro atoms. The summed E-state index contributed by atoms with van der Waals surface area (Å²) >= 11 is 2.22. The highest BCUT2D eigenvalue weighted by Crippen LogP contribution is 2.34. The molecule has 0 aliphatic heterocycles. The summed E-state index contributed by atoms with van der Waals surface area (Å²) in [5.41, 5.74) is 12.0. The summed E-state index contributed by atoms with van der Waals surface area (Å²) in [6.07, 6.45) is 9.60. The van der Waals surface area contributed by atoms with E-state index in [9.17, 15) is 0 Å². The maximum absolute atomic E-state index is 2.51. The molecule has 0 heterocycles. The minimum atomic E-state index is 0.184. The van der Waals surface area contributed by atoms with Crippen molar-refractivity contribution in [3.05, 3.63) is 68.8 Å². The summed E-state index contributed by atoms with van der Waals surface area (Å²) in [6.45, 7) is 16.1. The maximum Gasteiger partial charge on any atom is 0.0190 e. The van der Waals surface area contributed by atoms with Crippen LogP contribution in [0.3, 0.4) is 0 Å². The molecular weight excluding hydrogens is 380 g/mol. The largest absolute Gasteiger partial charge is 0.154 e. The predicted molar refractivity (Wildman–Crippen MR) is 136 cm³/mol. The topological polar surface area (TPSA) is 0 Å². The molecular formula is C29H42S. The van der Waals surface area contributed by atoms with Gasteiger partial charge in [-0.1, -0.05) is 70.7 Å². The normalized spacial score (nSPS) is 16.0. The van der Waals surface area contributed by atoms with Gasteiger partial charge in [-0.15, -0.1) is 0 Å². The monoisotopic (exact) mass is 422 g/mol. The van der Waals surface area contributed by atoms with Crippen LogP contribution in [0.15, 0.2) is 24.3 Å². The average molecular weight is 423 g/mol. The summed E-state index contributed by atoms with van der Waals surface area (Å²) < 4.78 is 0. The zero-order valence-electron chi connectivity index (χ0n) is 20.5. The van der Waals surface area contributed by atoms with Crippen LogP contribution in [0.25, 0.3) is 0 Å². The van der Waals surface area contributed by atoms with Crippen molar-refractivity contribution in [2.24, 2.45) is 0 Å². The third-order valence-electron chi connectivity index (χ3n) is 7.15. The highest BCUT2D eigenvalue weighted by Gasteiger charge is 2.19. The number of aryl methyl sites for hydroxylation is 2. The van der Waals surface area contributed by atoms with E-state index in [1.54, 1.807) is 5.56 Å². The number of rotatable bonds is 5. The molecule has 0 aromatic heterocycles. The molecule has 30 heavy (non-hydrogen) atoms. The van der Waals surface area contributed by atoms with Crippen molar-refractivity contribution in [2.45, 2.75) is 110 Å². The van der Waals surface area contributed by atoms with Crippen LogP contribution >= 0.6 is 11.8 Å². The van der Waals surface area contributed by atoms with E-state index in [-0.39, 0.29) is 5.41 Å². The number of hydrogen-bond donors (Lipinski definition) is 0. The smallest absolute Gasteiger partial charge is 0.0190 e. The summed E-state index contributed by atoms with van der Waals surface area (Å²) in [6, 6.07) is 9.78. The fourth-order valence-corrected chi connectivity index (χ4v) is 6.05. The molecule has 0 unspecified atom stereocenters. The van der Waals surface area contributed by atoms with Gasteiger partial charge in [-0.3, -0.25) is 0 Å². The highest BCUT2D eigenvalue weighted by molar-refractivity contribution is 7.99. The molecule has 0 saturated heterocycles. The Hall–Kier alpha value is -1.21. The first-order chi connectivity index (χ1) is 14.1. The van der Waals surface area contributed by atoms with Gasteiger partial charge in [0.1, 0.15) is 0 Å². The van der Waals surface area contributed by atoms with Crippen molar-refractivity contribution in [3.63, 3.8) is 0 Å². The van der Waals surface area contributed by atoms with Gasteiger partial charge in [0, 0.05) is 11.0 Å². The maximum atomic E-state index is 2.51. The lowest BCUT2D eigenvalue weighted by Gasteiger charge is -2.24. The molecule has 2 aromatic rings. The molecule has 3 rings (SSSR count). The Labute approximate surface area is 190 Å². The van der Waals surface area contributed by atoms with Crippen molar-refractivity contribution < 1.29 is 0 Å². The van der Waals surface area contributed by atoms with Crippen molar-refractivity contribution >= 4 is 11.8 Å². The van der Waals surface area contributed by atoms with Gasteiger partial charge < -0.3 is 0 Å². The summed E-state index contributed by atoms with van der Waals surface area (Å²) in [4.78, 5) is 0. The molecule has 1 aliphatic rings. The Morgan fingerprint density at radius 2 is 1.33 bits per heavy atom.